The van der Waals surface area contributed by atoms with Gasteiger partial charge in [-0.15, -0.1) is 12.4 Å². The molecule has 0 amide bonds. The van der Waals surface area contributed by atoms with E-state index in [-0.39, 0.29) is 122 Å². The van der Waals surface area contributed by atoms with Crippen LogP contribution in [0, 0.1) is 62.1 Å². The third kappa shape index (κ3) is 40.2. The van der Waals surface area contributed by atoms with Gasteiger partial charge in [-0.3, -0.25) is 68.7 Å². The van der Waals surface area contributed by atoms with Crippen molar-refractivity contribution in [3.63, 3.8) is 0 Å². The first-order valence-corrected chi connectivity index (χ1v) is 40.0. The molecule has 0 bridgehead atoms. The molecular weight excluding hydrogens is 1730 g/mol. The fourth-order valence-electron chi connectivity index (χ4n) is 10.9. The molecule has 36 heteroatoms. The highest BCUT2D eigenvalue weighted by atomic mass is 35.5. The molecule has 3 atom stereocenters. The normalized spacial score (nSPS) is 14.5. The van der Waals surface area contributed by atoms with Gasteiger partial charge in [0.2, 0.25) is 6.29 Å². The lowest BCUT2D eigenvalue weighted by molar-refractivity contribution is -0.384. The topological polar surface area (TPSA) is 396 Å². The van der Waals surface area contributed by atoms with Crippen LogP contribution in [0.2, 0.25) is 0 Å². The number of ketones is 8. The number of amidine groups is 3. The molecule has 125 heavy (non-hydrogen) atoms. The fourth-order valence-corrected chi connectivity index (χ4v) is 13.4. The molecule has 8 aromatic rings. The average molecular weight is 1830 g/mol. The summed E-state index contributed by atoms with van der Waals surface area (Å²) in [7, 11) is 0. The van der Waals surface area contributed by atoms with Gasteiger partial charge >= 0.3 is 6.18 Å². The van der Waals surface area contributed by atoms with E-state index in [4.69, 9.17) is 38.9 Å². The van der Waals surface area contributed by atoms with Crippen molar-refractivity contribution in [1.82, 2.24) is 0 Å². The number of anilines is 2. The van der Waals surface area contributed by atoms with Crippen molar-refractivity contribution < 1.29 is 101 Å². The highest BCUT2D eigenvalue weighted by Gasteiger charge is 2.34. The van der Waals surface area contributed by atoms with E-state index in [1.54, 1.807) is 61.5 Å². The molecule has 21 nitrogen and oxygen atoms in total. The molecule has 0 fully saturated rings. The van der Waals surface area contributed by atoms with E-state index >= 15 is 0 Å². The first-order valence-electron chi connectivity index (χ1n) is 37.0. The smallest absolute Gasteiger partial charge is 0.399 e. The Hall–Kier alpha value is -11.8. The van der Waals surface area contributed by atoms with Crippen LogP contribution in [0.25, 0.3) is 5.57 Å². The van der Waals surface area contributed by atoms with E-state index in [1.165, 1.54) is 176 Å². The van der Waals surface area contributed by atoms with Crippen LogP contribution < -0.4 is 28.7 Å². The number of thioether (sulfide) groups is 3. The zero-order valence-electron chi connectivity index (χ0n) is 70.2. The Labute approximate surface area is 735 Å². The van der Waals surface area contributed by atoms with Crippen LogP contribution in [-0.4, -0.2) is 102 Å². The third-order valence-electron chi connectivity index (χ3n) is 17.1. The monoisotopic (exact) mass is 1820 g/mol. The number of carbonyl (C=O) groups excluding carboxylic acids is 9. The summed E-state index contributed by atoms with van der Waals surface area (Å²) in [5.41, 5.74) is 31.1. The van der Waals surface area contributed by atoms with Crippen molar-refractivity contribution >= 4 is 138 Å². The molecular formula is C89H97ClF11N9O12S3. The number of aliphatic imine (C=N–C) groups is 2. The van der Waals surface area contributed by atoms with Gasteiger partial charge in [0.25, 0.3) is 5.69 Å². The average Bonchev–Trinajstić information content (AvgIpc) is 0.793. The molecule has 12 N–H and O–H groups in total. The molecule has 0 spiro atoms. The predicted octanol–water partition coefficient (Wildman–Crippen LogP) is 18.9. The molecule has 0 saturated heterocycles. The third-order valence-corrected chi connectivity index (χ3v) is 19.4. The SMILES string of the molecule is C=CC(C)(O)c1cc(CC(C)=O)ccc1F.CC(=O)Cc1ccc(F)c(/C(C)=C/CSC(=N)N)c1.CC(=O)Cc1ccc(F)c(C(C)=O)c1.CC(=O)Cc1ccc(F)c(C2(C)CCSC(N)=N2)c1.CC(=O)c1cc(N)ccc1F.CC(=O)c1cc([N+](=O)[O-])ccc1F.CC(=O)c1ccccc1F.CC1(c2cc(N)ccc2F)CCSC(N)=N1.Cl.O=CC(F)(F)F. The Morgan fingerprint density at radius 3 is 1.22 bits per heavy atom. The van der Waals surface area contributed by atoms with Crippen molar-refractivity contribution in [3.8, 4) is 0 Å². The first-order chi connectivity index (χ1) is 57.6. The van der Waals surface area contributed by atoms with Crippen LogP contribution in [0.5, 0.6) is 0 Å². The van der Waals surface area contributed by atoms with E-state index in [0.717, 1.165) is 66.2 Å². The lowest BCUT2D eigenvalue weighted by Gasteiger charge is -2.30. The number of alkyl halides is 3. The van der Waals surface area contributed by atoms with Crippen LogP contribution in [-0.2, 0) is 66.3 Å². The summed E-state index contributed by atoms with van der Waals surface area (Å²) in [5, 5.41) is 28.3. The number of nitrogen functional groups attached to an aromatic ring is 2. The number of nitrogens with two attached hydrogens (primary N) is 5. The number of aliphatic hydroxyl groups is 1. The molecule has 0 aliphatic carbocycles. The Morgan fingerprint density at radius 1 is 0.512 bits per heavy atom. The minimum absolute atomic E-state index is 0. The highest BCUT2D eigenvalue weighted by molar-refractivity contribution is 8.14. The summed E-state index contributed by atoms with van der Waals surface area (Å²) < 4.78 is 138. The molecule has 672 valence electrons. The second kappa shape index (κ2) is 52.7. The maximum Gasteiger partial charge on any atom is 0.446 e. The molecule has 0 aromatic heterocycles. The lowest BCUT2D eigenvalue weighted by Crippen LogP contribution is -2.29. The second-order valence-electron chi connectivity index (χ2n) is 28.1. The van der Waals surface area contributed by atoms with Crippen molar-refractivity contribution in [2.45, 2.75) is 144 Å². The number of Topliss-reactive ketones (excluding diaryl/α,β-unsaturated/α-hetero) is 8. The number of nitro benzene ring substituents is 1. The number of aldehydes is 1. The number of allylic oxidation sites excluding steroid dienone is 1. The predicted molar refractivity (Wildman–Crippen MR) is 473 cm³/mol. The van der Waals surface area contributed by atoms with Gasteiger partial charge < -0.3 is 33.8 Å². The van der Waals surface area contributed by atoms with Gasteiger partial charge in [-0.05, 0) is 221 Å². The van der Waals surface area contributed by atoms with Gasteiger partial charge in [0.05, 0.1) is 38.3 Å². The summed E-state index contributed by atoms with van der Waals surface area (Å²) in [6.45, 7) is 21.5. The molecule has 8 aromatic carbocycles. The number of nitro groups is 1. The highest BCUT2D eigenvalue weighted by Crippen LogP contribution is 2.39. The Bertz CT molecular complexity index is 5310. The summed E-state index contributed by atoms with van der Waals surface area (Å²) in [6.07, 6.45) is -0.0172. The van der Waals surface area contributed by atoms with Gasteiger partial charge in [0.15, 0.2) is 38.6 Å². The molecule has 3 unspecified atom stereocenters. The number of halogens is 12. The van der Waals surface area contributed by atoms with Crippen LogP contribution in [0.4, 0.5) is 65.4 Å². The van der Waals surface area contributed by atoms with E-state index in [2.05, 4.69) is 16.6 Å². The standard InChI is InChI=1S/2C14H17FN2OS.C13H15FO2.C11H14FN3S.C11H11FO2.C8H6FNO3.C8H8FNO.C8H7FO.C2HF3O.ClH/c1-9(18)7-10-3-4-12(15)11(8-10)14(2)5-6-19-13(16)17-14;1-9(5-6-19-14(16)17)12-8-11(7-10(2)18)3-4-13(12)15;1-4-13(3,16)11-8-10(7-9(2)15)5-6-12(11)14;1-11(4-5-16-10(14)15-11)8-6-7(13)2-3-9(8)12;1-7(13)5-9-3-4-11(12)10(6-9)8(2)14;1-5(11)7-4-6(10(12)13)2-3-8(7)9;1-5(11)7-4-6(10)2-3-8(7)9;1-6(10)7-4-2-3-5-8(7)9;3-2(4,5)1-6;/h3-4,8H,5-7H2,1-2H3,(H2,16,17);3-5,8H,6-7H2,1-2H3,(H3,16,17);4-6,8,16H,1,7H2,2-3H3;2-3,6H,4-5,13H2,1H3,(H2,14,15);3-4,6H,5H2,1-2H3;2-4H,1H3;2-4H,10H2,1H3;2-5H,1H3;1H;1H/b;9-5+;;;;;;;;. The zero-order valence-corrected chi connectivity index (χ0v) is 73.5. The van der Waals surface area contributed by atoms with Gasteiger partial charge in [-0.2, -0.15) is 13.2 Å². The van der Waals surface area contributed by atoms with Crippen molar-refractivity contribution in [3.05, 3.63) is 294 Å². The van der Waals surface area contributed by atoms with Crippen LogP contribution >= 0.6 is 47.7 Å². The number of benzene rings is 8. The van der Waals surface area contributed by atoms with Crippen LogP contribution in [0.3, 0.4) is 0 Å². The van der Waals surface area contributed by atoms with E-state index in [1.807, 2.05) is 19.9 Å². The Kier molecular flexibility index (Phi) is 46.9. The summed E-state index contributed by atoms with van der Waals surface area (Å²) in [5.74, 6) is -2.74. The number of carbonyl (C=O) groups is 9. The van der Waals surface area contributed by atoms with E-state index < -0.39 is 68.9 Å². The summed E-state index contributed by atoms with van der Waals surface area (Å²) >= 11 is 4.17. The fraction of sp³-hybridized carbons (Fsp3) is 0.281. The number of hydrogen-bond acceptors (Lipinski definition) is 22. The maximum atomic E-state index is 14.1. The summed E-state index contributed by atoms with van der Waals surface area (Å²) in [4.78, 5) is 114. The van der Waals surface area contributed by atoms with E-state index in [0.29, 0.717) is 68.1 Å². The van der Waals surface area contributed by atoms with Crippen LogP contribution in [0.15, 0.2) is 180 Å². The van der Waals surface area contributed by atoms with Gasteiger partial charge in [0.1, 0.15) is 75.3 Å². The zero-order chi connectivity index (χ0) is 94.5. The number of nitrogens with zero attached hydrogens (tertiary/aromatic N) is 3. The van der Waals surface area contributed by atoms with Gasteiger partial charge in [-0.1, -0.05) is 96.5 Å². The quantitative estimate of drug-likeness (QED) is 0.00429. The van der Waals surface area contributed by atoms with E-state index in [9.17, 15) is 102 Å². The first kappa shape index (κ1) is 111. The van der Waals surface area contributed by atoms with Crippen molar-refractivity contribution in [2.24, 2.45) is 27.2 Å². The lowest BCUT2D eigenvalue weighted by atomic mass is 9.87. The molecule has 0 radical (unpaired) electrons. The Balaban J connectivity index is 0.000000711. The van der Waals surface area contributed by atoms with Gasteiger partial charge in [0, 0.05) is 88.7 Å². The van der Waals surface area contributed by atoms with Crippen molar-refractivity contribution in [1.29, 1.82) is 5.41 Å². The van der Waals surface area contributed by atoms with Crippen LogP contribution in [0.1, 0.15) is 182 Å². The molecule has 2 aliphatic rings. The Morgan fingerprint density at radius 2 is 0.848 bits per heavy atom. The second-order valence-corrected chi connectivity index (χ2v) is 31.4. The van der Waals surface area contributed by atoms with Gasteiger partial charge in [-0.25, -0.2) is 35.1 Å². The number of hydrogen-bond donors (Lipinski definition) is 7. The summed E-state index contributed by atoms with van der Waals surface area (Å²) in [6, 6.07) is 35.3. The minimum Gasteiger partial charge on any atom is -0.399 e. The minimum atomic E-state index is -4.64. The molecule has 2 aliphatic heterocycles. The molecule has 0 saturated carbocycles. The van der Waals surface area contributed by atoms with Crippen molar-refractivity contribution in [2.75, 3.05) is 28.7 Å². The number of rotatable bonds is 20. The molecule has 10 rings (SSSR count). The maximum absolute atomic E-state index is 14.1. The number of non-ortho nitro benzene ring substituents is 1. The number of nitrogens with one attached hydrogen (secondary N) is 1. The molecule has 2 heterocycles. The largest absolute Gasteiger partial charge is 0.446 e.